The normalized spacial score (nSPS) is 27.4. The minimum atomic E-state index is 0.387. The average molecular weight is 228 g/mol. The molecule has 0 amide bonds. The minimum absolute atomic E-state index is 0.387. The Morgan fingerprint density at radius 3 is 2.88 bits per heavy atom. The first-order valence-corrected chi connectivity index (χ1v) is 6.58. The second-order valence-electron chi connectivity index (χ2n) is 5.46. The number of nitrogens with zero attached hydrogens (tertiary/aromatic N) is 1. The van der Waals surface area contributed by atoms with Gasteiger partial charge < -0.3 is 15.0 Å². The molecule has 0 saturated carbocycles. The van der Waals surface area contributed by atoms with Gasteiger partial charge in [0.15, 0.2) is 0 Å². The Kier molecular flexibility index (Phi) is 5.73. The van der Waals surface area contributed by atoms with E-state index in [1.807, 2.05) is 7.05 Å². The topological polar surface area (TPSA) is 24.5 Å². The van der Waals surface area contributed by atoms with Gasteiger partial charge in [-0.25, -0.2) is 0 Å². The summed E-state index contributed by atoms with van der Waals surface area (Å²) in [5.74, 6) is 0. The van der Waals surface area contributed by atoms with Crippen LogP contribution in [0.4, 0.5) is 0 Å². The fourth-order valence-electron chi connectivity index (χ4n) is 2.48. The lowest BCUT2D eigenvalue weighted by atomic mass is 9.86. The second-order valence-corrected chi connectivity index (χ2v) is 5.46. The largest absolute Gasteiger partial charge is 0.377 e. The lowest BCUT2D eigenvalue weighted by molar-refractivity contribution is 0.0600. The maximum atomic E-state index is 5.68. The molecule has 0 aromatic heterocycles. The molecule has 0 spiro atoms. The third-order valence-electron chi connectivity index (χ3n) is 3.60. The van der Waals surface area contributed by atoms with Crippen LogP contribution in [0.15, 0.2) is 0 Å². The van der Waals surface area contributed by atoms with Gasteiger partial charge in [-0.3, -0.25) is 0 Å². The summed E-state index contributed by atoms with van der Waals surface area (Å²) in [7, 11) is 2.04. The summed E-state index contributed by atoms with van der Waals surface area (Å²) in [6, 6.07) is 0. The summed E-state index contributed by atoms with van der Waals surface area (Å²) in [4.78, 5) is 2.57. The predicted molar refractivity (Wildman–Crippen MR) is 68.8 cm³/mol. The quantitative estimate of drug-likeness (QED) is 0.775. The lowest BCUT2D eigenvalue weighted by Gasteiger charge is -2.34. The third kappa shape index (κ3) is 4.40. The zero-order valence-corrected chi connectivity index (χ0v) is 11.4. The summed E-state index contributed by atoms with van der Waals surface area (Å²) in [6.07, 6.45) is 2.78. The van der Waals surface area contributed by atoms with Gasteiger partial charge in [0.25, 0.3) is 0 Å². The summed E-state index contributed by atoms with van der Waals surface area (Å²) >= 11 is 0. The van der Waals surface area contributed by atoms with Gasteiger partial charge in [-0.2, -0.15) is 0 Å². The molecule has 16 heavy (non-hydrogen) atoms. The molecule has 0 aliphatic carbocycles. The van der Waals surface area contributed by atoms with E-state index in [0.29, 0.717) is 11.5 Å². The molecule has 2 atom stereocenters. The minimum Gasteiger partial charge on any atom is -0.377 e. The van der Waals surface area contributed by atoms with Crippen LogP contribution in [0.5, 0.6) is 0 Å². The summed E-state index contributed by atoms with van der Waals surface area (Å²) in [5.41, 5.74) is 0.388. The predicted octanol–water partition coefficient (Wildman–Crippen LogP) is 1.73. The van der Waals surface area contributed by atoms with E-state index in [-0.39, 0.29) is 0 Å². The molecule has 0 aromatic rings. The van der Waals surface area contributed by atoms with E-state index in [9.17, 15) is 0 Å². The van der Waals surface area contributed by atoms with Gasteiger partial charge in [0.05, 0.1) is 6.10 Å². The molecule has 0 radical (unpaired) electrons. The van der Waals surface area contributed by atoms with Gasteiger partial charge in [-0.1, -0.05) is 13.8 Å². The molecule has 1 rings (SSSR count). The Hall–Kier alpha value is -0.120. The van der Waals surface area contributed by atoms with Gasteiger partial charge in [-0.05, 0) is 32.2 Å². The van der Waals surface area contributed by atoms with Crippen LogP contribution in [-0.2, 0) is 4.74 Å². The van der Waals surface area contributed by atoms with Crippen LogP contribution >= 0.6 is 0 Å². The number of hydrogen-bond acceptors (Lipinski definition) is 3. The van der Waals surface area contributed by atoms with Crippen molar-refractivity contribution in [1.29, 1.82) is 0 Å². The van der Waals surface area contributed by atoms with Crippen molar-refractivity contribution in [2.45, 2.75) is 39.7 Å². The molecule has 1 heterocycles. The van der Waals surface area contributed by atoms with Crippen LogP contribution in [-0.4, -0.2) is 50.8 Å². The first-order chi connectivity index (χ1) is 7.59. The summed E-state index contributed by atoms with van der Waals surface area (Å²) in [5, 5.41) is 3.32. The third-order valence-corrected chi connectivity index (χ3v) is 3.60. The van der Waals surface area contributed by atoms with Gasteiger partial charge in [-0.15, -0.1) is 0 Å². The molecule has 96 valence electrons. The maximum absolute atomic E-state index is 5.68. The van der Waals surface area contributed by atoms with E-state index in [1.54, 1.807) is 0 Å². The SMILES string of the molecule is CCC(C)(CNC)CN1CCCOC(C)C1. The van der Waals surface area contributed by atoms with Crippen LogP contribution in [0.1, 0.15) is 33.6 Å². The smallest absolute Gasteiger partial charge is 0.0673 e. The van der Waals surface area contributed by atoms with Gasteiger partial charge >= 0.3 is 0 Å². The molecule has 1 aliphatic heterocycles. The Bertz CT molecular complexity index is 198. The van der Waals surface area contributed by atoms with Crippen molar-refractivity contribution < 1.29 is 4.74 Å². The van der Waals surface area contributed by atoms with Crippen LogP contribution in [0.25, 0.3) is 0 Å². The average Bonchev–Trinajstić information content (AvgIpc) is 2.43. The van der Waals surface area contributed by atoms with Crippen LogP contribution in [0.3, 0.4) is 0 Å². The molecule has 1 saturated heterocycles. The van der Waals surface area contributed by atoms with Crippen molar-refractivity contribution in [3.05, 3.63) is 0 Å². The standard InChI is InChI=1S/C13H28N2O/c1-5-13(3,10-14-4)11-15-7-6-8-16-12(2)9-15/h12,14H,5-11H2,1-4H3. The fourth-order valence-corrected chi connectivity index (χ4v) is 2.48. The summed E-state index contributed by atoms with van der Waals surface area (Å²) < 4.78 is 5.68. The number of ether oxygens (including phenoxy) is 1. The van der Waals surface area contributed by atoms with Crippen molar-refractivity contribution in [3.8, 4) is 0 Å². The van der Waals surface area contributed by atoms with Gasteiger partial charge in [0.2, 0.25) is 0 Å². The number of hydrogen-bond donors (Lipinski definition) is 1. The molecule has 1 aliphatic rings. The Balaban J connectivity index is 2.49. The molecular weight excluding hydrogens is 200 g/mol. The fraction of sp³-hybridized carbons (Fsp3) is 1.00. The number of nitrogens with one attached hydrogen (secondary N) is 1. The molecule has 3 nitrogen and oxygen atoms in total. The highest BCUT2D eigenvalue weighted by Gasteiger charge is 2.26. The van der Waals surface area contributed by atoms with E-state index in [2.05, 4.69) is 31.0 Å². The maximum Gasteiger partial charge on any atom is 0.0673 e. The Labute approximate surface area is 101 Å². The molecule has 1 fully saturated rings. The van der Waals surface area contributed by atoms with Gasteiger partial charge in [0, 0.05) is 32.8 Å². The van der Waals surface area contributed by atoms with E-state index < -0.39 is 0 Å². The molecule has 1 N–H and O–H groups in total. The highest BCUT2D eigenvalue weighted by atomic mass is 16.5. The lowest BCUT2D eigenvalue weighted by Crippen LogP contribution is -2.43. The Morgan fingerprint density at radius 1 is 1.50 bits per heavy atom. The highest BCUT2D eigenvalue weighted by molar-refractivity contribution is 4.80. The molecular formula is C13H28N2O. The number of rotatable bonds is 5. The van der Waals surface area contributed by atoms with E-state index in [0.717, 1.165) is 19.7 Å². The monoisotopic (exact) mass is 228 g/mol. The second kappa shape index (κ2) is 6.58. The molecule has 2 unspecified atom stereocenters. The van der Waals surface area contributed by atoms with Crippen molar-refractivity contribution in [2.24, 2.45) is 5.41 Å². The van der Waals surface area contributed by atoms with Crippen molar-refractivity contribution in [3.63, 3.8) is 0 Å². The summed E-state index contributed by atoms with van der Waals surface area (Å²) in [6.45, 7) is 12.3. The zero-order valence-electron chi connectivity index (χ0n) is 11.4. The van der Waals surface area contributed by atoms with Crippen LogP contribution < -0.4 is 5.32 Å². The van der Waals surface area contributed by atoms with Crippen molar-refractivity contribution in [2.75, 3.05) is 39.8 Å². The van der Waals surface area contributed by atoms with Crippen LogP contribution in [0, 0.1) is 5.41 Å². The molecule has 3 heteroatoms. The first-order valence-electron chi connectivity index (χ1n) is 6.58. The van der Waals surface area contributed by atoms with E-state index >= 15 is 0 Å². The van der Waals surface area contributed by atoms with Gasteiger partial charge in [0.1, 0.15) is 0 Å². The Morgan fingerprint density at radius 2 is 2.25 bits per heavy atom. The van der Waals surface area contributed by atoms with Crippen molar-refractivity contribution in [1.82, 2.24) is 10.2 Å². The van der Waals surface area contributed by atoms with Crippen LogP contribution in [0.2, 0.25) is 0 Å². The molecule has 0 bridgehead atoms. The van der Waals surface area contributed by atoms with Crippen molar-refractivity contribution >= 4 is 0 Å². The molecule has 0 aromatic carbocycles. The zero-order chi connectivity index (χ0) is 12.0. The van der Waals surface area contributed by atoms with E-state index in [4.69, 9.17) is 4.74 Å². The van der Waals surface area contributed by atoms with E-state index in [1.165, 1.54) is 25.9 Å². The first kappa shape index (κ1) is 13.9. The highest BCUT2D eigenvalue weighted by Crippen LogP contribution is 2.22.